The first-order valence-electron chi connectivity index (χ1n) is 11.0. The molecule has 5 nitrogen and oxygen atoms in total. The molecule has 2 aromatic carbocycles. The van der Waals surface area contributed by atoms with E-state index in [0.717, 1.165) is 44.5 Å². The van der Waals surface area contributed by atoms with E-state index in [1.54, 1.807) is 13.0 Å². The second kappa shape index (κ2) is 10.8. The number of carbonyl (C=O) groups is 2. The molecule has 166 valence electrons. The van der Waals surface area contributed by atoms with Gasteiger partial charge in [0, 0.05) is 37.7 Å². The van der Waals surface area contributed by atoms with Crippen LogP contribution in [0.3, 0.4) is 0 Å². The molecule has 0 spiro atoms. The van der Waals surface area contributed by atoms with Crippen molar-refractivity contribution >= 4 is 29.1 Å². The molecule has 31 heavy (non-hydrogen) atoms. The molecule has 0 bridgehead atoms. The van der Waals surface area contributed by atoms with E-state index >= 15 is 0 Å². The van der Waals surface area contributed by atoms with E-state index in [4.69, 9.17) is 11.6 Å². The van der Waals surface area contributed by atoms with Crippen LogP contribution < -0.4 is 5.32 Å². The maximum atomic E-state index is 13.0. The number of rotatable bonds is 7. The quantitative estimate of drug-likeness (QED) is 0.672. The highest BCUT2D eigenvalue weighted by atomic mass is 35.5. The van der Waals surface area contributed by atoms with Gasteiger partial charge in [0.25, 0.3) is 5.91 Å². The molecule has 1 fully saturated rings. The minimum atomic E-state index is -0.0949. The number of amides is 2. The molecule has 1 aliphatic rings. The average molecular weight is 442 g/mol. The summed E-state index contributed by atoms with van der Waals surface area (Å²) in [5.74, 6) is -0.0914. The first-order valence-corrected chi connectivity index (χ1v) is 11.4. The number of carbonyl (C=O) groups excluding carboxylic acids is 2. The van der Waals surface area contributed by atoms with Gasteiger partial charge in [0.2, 0.25) is 5.91 Å². The van der Waals surface area contributed by atoms with E-state index in [1.165, 1.54) is 5.56 Å². The second-order valence-electron chi connectivity index (χ2n) is 8.29. The average Bonchev–Trinajstić information content (AvgIpc) is 2.79. The number of nitrogens with zero attached hydrogens (tertiary/aromatic N) is 2. The van der Waals surface area contributed by atoms with Crippen LogP contribution in [0.15, 0.2) is 42.5 Å². The molecule has 0 atom stereocenters. The number of benzene rings is 2. The molecule has 1 N–H and O–H groups in total. The molecule has 2 amide bonds. The van der Waals surface area contributed by atoms with Gasteiger partial charge >= 0.3 is 0 Å². The Bertz CT molecular complexity index is 885. The Labute approximate surface area is 190 Å². The van der Waals surface area contributed by atoms with Crippen LogP contribution in [0.5, 0.6) is 0 Å². The lowest BCUT2D eigenvalue weighted by Crippen LogP contribution is -2.46. The van der Waals surface area contributed by atoms with Crippen molar-refractivity contribution in [2.75, 3.05) is 32.0 Å². The molecular weight excluding hydrogens is 410 g/mol. The van der Waals surface area contributed by atoms with Crippen LogP contribution in [0.2, 0.25) is 5.02 Å². The third-order valence-corrected chi connectivity index (χ3v) is 6.39. The molecular formula is C25H32ClN3O2. The molecule has 0 aromatic heterocycles. The van der Waals surface area contributed by atoms with Gasteiger partial charge < -0.3 is 15.1 Å². The van der Waals surface area contributed by atoms with Gasteiger partial charge in [-0.15, -0.1) is 0 Å². The van der Waals surface area contributed by atoms with E-state index in [9.17, 15) is 9.59 Å². The Morgan fingerprint density at radius 3 is 2.45 bits per heavy atom. The fourth-order valence-electron chi connectivity index (χ4n) is 4.08. The smallest absolute Gasteiger partial charge is 0.253 e. The summed E-state index contributed by atoms with van der Waals surface area (Å²) in [6.07, 6.45) is 3.35. The van der Waals surface area contributed by atoms with Crippen molar-refractivity contribution in [3.8, 4) is 0 Å². The molecule has 2 aromatic rings. The predicted molar refractivity (Wildman–Crippen MR) is 127 cm³/mol. The Morgan fingerprint density at radius 2 is 1.84 bits per heavy atom. The zero-order valence-electron chi connectivity index (χ0n) is 18.7. The molecule has 0 aliphatic carbocycles. The first-order chi connectivity index (χ1) is 14.9. The summed E-state index contributed by atoms with van der Waals surface area (Å²) < 4.78 is 0. The van der Waals surface area contributed by atoms with Crippen LogP contribution >= 0.6 is 11.6 Å². The third kappa shape index (κ3) is 6.08. The van der Waals surface area contributed by atoms with E-state index in [2.05, 4.69) is 41.5 Å². The number of nitrogens with one attached hydrogen (secondary N) is 1. The summed E-state index contributed by atoms with van der Waals surface area (Å²) in [6.45, 7) is 6.15. The third-order valence-electron chi connectivity index (χ3n) is 6.09. The Balaban J connectivity index is 1.55. The summed E-state index contributed by atoms with van der Waals surface area (Å²) in [7, 11) is 2.18. The van der Waals surface area contributed by atoms with Crippen LogP contribution in [-0.2, 0) is 11.2 Å². The van der Waals surface area contributed by atoms with E-state index in [0.29, 0.717) is 28.7 Å². The van der Waals surface area contributed by atoms with Crippen molar-refractivity contribution in [2.24, 2.45) is 0 Å². The van der Waals surface area contributed by atoms with Crippen LogP contribution in [0.1, 0.15) is 47.7 Å². The molecule has 0 radical (unpaired) electrons. The zero-order valence-corrected chi connectivity index (χ0v) is 19.4. The number of halogens is 1. The van der Waals surface area contributed by atoms with Gasteiger partial charge in [0.1, 0.15) is 0 Å². The minimum absolute atomic E-state index is 0.00348. The molecule has 1 heterocycles. The highest BCUT2D eigenvalue weighted by Crippen LogP contribution is 2.29. The van der Waals surface area contributed by atoms with Gasteiger partial charge in [-0.2, -0.15) is 0 Å². The van der Waals surface area contributed by atoms with Crippen LogP contribution in [0.25, 0.3) is 0 Å². The van der Waals surface area contributed by atoms with Crippen molar-refractivity contribution in [3.63, 3.8) is 0 Å². The molecule has 0 unspecified atom stereocenters. The highest BCUT2D eigenvalue weighted by molar-refractivity contribution is 6.34. The number of hydrogen-bond donors (Lipinski definition) is 1. The van der Waals surface area contributed by atoms with Crippen molar-refractivity contribution in [1.82, 2.24) is 9.80 Å². The van der Waals surface area contributed by atoms with Gasteiger partial charge in [0.05, 0.1) is 10.7 Å². The van der Waals surface area contributed by atoms with E-state index in [1.807, 2.05) is 24.0 Å². The molecule has 1 aliphatic heterocycles. The maximum Gasteiger partial charge on any atom is 0.253 e. The van der Waals surface area contributed by atoms with Crippen LogP contribution in [0.4, 0.5) is 5.69 Å². The van der Waals surface area contributed by atoms with E-state index in [-0.39, 0.29) is 11.8 Å². The zero-order chi connectivity index (χ0) is 22.4. The monoisotopic (exact) mass is 441 g/mol. The number of anilines is 1. The Kier molecular flexibility index (Phi) is 8.10. The van der Waals surface area contributed by atoms with Gasteiger partial charge in [-0.3, -0.25) is 9.59 Å². The van der Waals surface area contributed by atoms with Gasteiger partial charge in [-0.25, -0.2) is 0 Å². The SMILES string of the molecule is CCC(=O)Nc1c(C)cc(C(=O)N2CCC(N(C)CCc3ccccc3)CC2)cc1Cl. The molecule has 6 heteroatoms. The lowest BCUT2D eigenvalue weighted by Gasteiger charge is -2.37. The Morgan fingerprint density at radius 1 is 1.16 bits per heavy atom. The summed E-state index contributed by atoms with van der Waals surface area (Å²) in [5, 5.41) is 3.22. The summed E-state index contributed by atoms with van der Waals surface area (Å²) in [4.78, 5) is 29.1. The fraction of sp³-hybridized carbons (Fsp3) is 0.440. The van der Waals surface area contributed by atoms with Crippen LogP contribution in [-0.4, -0.2) is 54.3 Å². The number of aryl methyl sites for hydroxylation is 1. The lowest BCUT2D eigenvalue weighted by molar-refractivity contribution is -0.115. The number of likely N-dealkylation sites (tertiary alicyclic amines) is 1. The van der Waals surface area contributed by atoms with Crippen LogP contribution in [0, 0.1) is 6.92 Å². The fourth-order valence-corrected chi connectivity index (χ4v) is 4.39. The maximum absolute atomic E-state index is 13.0. The minimum Gasteiger partial charge on any atom is -0.339 e. The van der Waals surface area contributed by atoms with Crippen molar-refractivity contribution < 1.29 is 9.59 Å². The van der Waals surface area contributed by atoms with Crippen molar-refractivity contribution in [1.29, 1.82) is 0 Å². The topological polar surface area (TPSA) is 52.7 Å². The normalized spacial score (nSPS) is 14.7. The standard InChI is InChI=1S/C25H32ClN3O2/c1-4-23(30)27-24-18(2)16-20(17-22(24)26)25(31)29-14-11-21(12-15-29)28(3)13-10-19-8-6-5-7-9-19/h5-9,16-17,21H,4,10-15H2,1-3H3,(H,27,30). The number of piperidine rings is 1. The molecule has 3 rings (SSSR count). The molecule has 0 saturated carbocycles. The van der Waals surface area contributed by atoms with Crippen molar-refractivity contribution in [2.45, 2.75) is 45.6 Å². The lowest BCUT2D eigenvalue weighted by atomic mass is 10.0. The highest BCUT2D eigenvalue weighted by Gasteiger charge is 2.26. The van der Waals surface area contributed by atoms with Gasteiger partial charge in [-0.05, 0) is 56.5 Å². The summed E-state index contributed by atoms with van der Waals surface area (Å²) >= 11 is 6.38. The Hall–Kier alpha value is -2.37. The van der Waals surface area contributed by atoms with Gasteiger partial charge in [-0.1, -0.05) is 48.9 Å². The second-order valence-corrected chi connectivity index (χ2v) is 8.70. The number of hydrogen-bond acceptors (Lipinski definition) is 3. The van der Waals surface area contributed by atoms with Gasteiger partial charge in [0.15, 0.2) is 0 Å². The summed E-state index contributed by atoms with van der Waals surface area (Å²) in [6, 6.07) is 14.5. The van der Waals surface area contributed by atoms with E-state index < -0.39 is 0 Å². The largest absolute Gasteiger partial charge is 0.339 e. The first kappa shape index (κ1) is 23.3. The number of likely N-dealkylation sites (N-methyl/N-ethyl adjacent to an activating group) is 1. The van der Waals surface area contributed by atoms with Crippen molar-refractivity contribution in [3.05, 3.63) is 64.2 Å². The molecule has 1 saturated heterocycles. The predicted octanol–water partition coefficient (Wildman–Crippen LogP) is 4.78. The summed E-state index contributed by atoms with van der Waals surface area (Å²) in [5.41, 5.74) is 3.32.